The van der Waals surface area contributed by atoms with Crippen LogP contribution in [0.4, 0.5) is 13.2 Å². The zero-order valence-electron chi connectivity index (χ0n) is 12.9. The predicted octanol–water partition coefficient (Wildman–Crippen LogP) is 3.10. The van der Waals surface area contributed by atoms with Gasteiger partial charge in [-0.25, -0.2) is 8.42 Å². The van der Waals surface area contributed by atoms with E-state index in [1.165, 1.54) is 12.1 Å². The summed E-state index contributed by atoms with van der Waals surface area (Å²) in [5.41, 5.74) is -0.754. The molecule has 1 unspecified atom stereocenters. The first-order valence-corrected chi connectivity index (χ1v) is 8.95. The highest BCUT2D eigenvalue weighted by molar-refractivity contribution is 7.89. The molecule has 5 nitrogen and oxygen atoms in total. The van der Waals surface area contributed by atoms with Gasteiger partial charge in [0.25, 0.3) is 5.56 Å². The van der Waals surface area contributed by atoms with Crippen LogP contribution < -0.4 is 10.3 Å². The standard InChI is InChI=1S/C15H14ClF3N2O3S/c1-2-21-9-12(7-8-13(21)22)25(23,24)20-14(15(17,18)19)10-3-5-11(16)6-4-10/h3-9,14,20H,2H2,1H3. The fraction of sp³-hybridized carbons (Fsp3) is 0.267. The smallest absolute Gasteiger partial charge is 0.314 e. The molecule has 0 spiro atoms. The van der Waals surface area contributed by atoms with Crippen LogP contribution in [0.3, 0.4) is 0 Å². The van der Waals surface area contributed by atoms with Gasteiger partial charge in [0.2, 0.25) is 10.0 Å². The van der Waals surface area contributed by atoms with Gasteiger partial charge < -0.3 is 4.57 Å². The molecule has 0 fully saturated rings. The van der Waals surface area contributed by atoms with Gasteiger partial charge in [-0.1, -0.05) is 23.7 Å². The van der Waals surface area contributed by atoms with Crippen molar-refractivity contribution in [1.29, 1.82) is 0 Å². The van der Waals surface area contributed by atoms with E-state index in [0.717, 1.165) is 35.0 Å². The van der Waals surface area contributed by atoms with Crippen LogP contribution in [0.2, 0.25) is 5.02 Å². The number of nitrogens with one attached hydrogen (secondary N) is 1. The molecule has 0 saturated heterocycles. The molecule has 0 amide bonds. The van der Waals surface area contributed by atoms with Crippen molar-refractivity contribution >= 4 is 21.6 Å². The Hall–Kier alpha value is -1.84. The minimum Gasteiger partial charge on any atom is -0.314 e. The second-order valence-electron chi connectivity index (χ2n) is 5.14. The molecule has 0 saturated carbocycles. The SMILES string of the molecule is CCn1cc(S(=O)(=O)NC(c2ccc(Cl)cc2)C(F)(F)F)ccc1=O. The lowest BCUT2D eigenvalue weighted by Gasteiger charge is -2.22. The van der Waals surface area contributed by atoms with Gasteiger partial charge >= 0.3 is 6.18 Å². The summed E-state index contributed by atoms with van der Waals surface area (Å²) < 4.78 is 67.5. The maximum atomic E-state index is 13.3. The number of sulfonamides is 1. The van der Waals surface area contributed by atoms with E-state index in [-0.39, 0.29) is 17.1 Å². The lowest BCUT2D eigenvalue weighted by molar-refractivity contribution is -0.153. The van der Waals surface area contributed by atoms with Crippen molar-refractivity contribution in [3.05, 3.63) is 63.5 Å². The predicted molar refractivity (Wildman–Crippen MR) is 86.9 cm³/mol. The van der Waals surface area contributed by atoms with Crippen LogP contribution in [0, 0.1) is 0 Å². The van der Waals surface area contributed by atoms with Crippen molar-refractivity contribution in [2.24, 2.45) is 0 Å². The van der Waals surface area contributed by atoms with Crippen LogP contribution >= 0.6 is 11.6 Å². The number of pyridine rings is 1. The third-order valence-electron chi connectivity index (χ3n) is 3.41. The molecule has 0 radical (unpaired) electrons. The molecule has 136 valence electrons. The molecule has 1 N–H and O–H groups in total. The first-order valence-electron chi connectivity index (χ1n) is 7.09. The Labute approximate surface area is 147 Å². The van der Waals surface area contributed by atoms with Crippen LogP contribution in [0.1, 0.15) is 18.5 Å². The number of aromatic nitrogens is 1. The molecule has 2 aromatic rings. The average molecular weight is 395 g/mol. The number of nitrogens with zero attached hydrogens (tertiary/aromatic N) is 1. The number of benzene rings is 1. The molecule has 2 rings (SSSR count). The molecule has 1 aromatic carbocycles. The lowest BCUT2D eigenvalue weighted by atomic mass is 10.1. The van der Waals surface area contributed by atoms with Crippen LogP contribution in [-0.2, 0) is 16.6 Å². The first-order chi connectivity index (χ1) is 11.5. The van der Waals surface area contributed by atoms with Crippen LogP contribution in [0.25, 0.3) is 0 Å². The summed E-state index contributed by atoms with van der Waals surface area (Å²) in [4.78, 5) is 11.1. The Morgan fingerprint density at radius 2 is 1.76 bits per heavy atom. The Bertz CT molecular complexity index is 909. The summed E-state index contributed by atoms with van der Waals surface area (Å²) in [7, 11) is -4.51. The van der Waals surface area contributed by atoms with E-state index in [2.05, 4.69) is 0 Å². The van der Waals surface area contributed by atoms with Gasteiger partial charge in [-0.15, -0.1) is 0 Å². The quantitative estimate of drug-likeness (QED) is 0.847. The number of alkyl halides is 3. The number of hydrogen-bond acceptors (Lipinski definition) is 3. The highest BCUT2D eigenvalue weighted by atomic mass is 35.5. The van der Waals surface area contributed by atoms with Gasteiger partial charge in [0.1, 0.15) is 6.04 Å². The second kappa shape index (κ2) is 7.19. The van der Waals surface area contributed by atoms with Crippen molar-refractivity contribution in [2.75, 3.05) is 0 Å². The maximum Gasteiger partial charge on any atom is 0.408 e. The van der Waals surface area contributed by atoms with Crippen LogP contribution in [-0.4, -0.2) is 19.2 Å². The summed E-state index contributed by atoms with van der Waals surface area (Å²) in [5, 5.41) is 0.225. The van der Waals surface area contributed by atoms with Crippen LogP contribution in [0.15, 0.2) is 52.3 Å². The van der Waals surface area contributed by atoms with Crippen molar-refractivity contribution in [3.63, 3.8) is 0 Å². The van der Waals surface area contributed by atoms with E-state index >= 15 is 0 Å². The first kappa shape index (κ1) is 19.5. The number of halogens is 4. The topological polar surface area (TPSA) is 68.2 Å². The van der Waals surface area contributed by atoms with Gasteiger partial charge in [-0.2, -0.15) is 17.9 Å². The molecule has 1 atom stereocenters. The Balaban J connectivity index is 2.44. The molecular weight excluding hydrogens is 381 g/mol. The molecule has 0 aliphatic carbocycles. The fourth-order valence-electron chi connectivity index (χ4n) is 2.12. The van der Waals surface area contributed by atoms with Crippen molar-refractivity contribution in [1.82, 2.24) is 9.29 Å². The van der Waals surface area contributed by atoms with Crippen LogP contribution in [0.5, 0.6) is 0 Å². The number of aryl methyl sites for hydroxylation is 1. The Morgan fingerprint density at radius 3 is 2.28 bits per heavy atom. The maximum absolute atomic E-state index is 13.3. The monoisotopic (exact) mass is 394 g/mol. The van der Waals surface area contributed by atoms with E-state index in [4.69, 9.17) is 11.6 Å². The number of rotatable bonds is 5. The largest absolute Gasteiger partial charge is 0.408 e. The zero-order chi connectivity index (χ0) is 18.8. The third-order valence-corrected chi connectivity index (χ3v) is 5.07. The second-order valence-corrected chi connectivity index (χ2v) is 7.29. The van der Waals surface area contributed by atoms with E-state index in [1.54, 1.807) is 11.6 Å². The average Bonchev–Trinajstić information content (AvgIpc) is 2.53. The number of hydrogen-bond donors (Lipinski definition) is 1. The van der Waals surface area contributed by atoms with Gasteiger partial charge in [0.05, 0.1) is 4.90 Å². The Kier molecular flexibility index (Phi) is 5.60. The van der Waals surface area contributed by atoms with Gasteiger partial charge in [-0.3, -0.25) is 4.79 Å². The summed E-state index contributed by atoms with van der Waals surface area (Å²) >= 11 is 5.66. The summed E-state index contributed by atoms with van der Waals surface area (Å²) in [6, 6.07) is 4.17. The normalized spacial score (nSPS) is 13.6. The van der Waals surface area contributed by atoms with E-state index in [0.29, 0.717) is 0 Å². The lowest BCUT2D eigenvalue weighted by Crippen LogP contribution is -2.38. The third kappa shape index (κ3) is 4.62. The van der Waals surface area contributed by atoms with Gasteiger partial charge in [0.15, 0.2) is 0 Å². The minimum absolute atomic E-state index is 0.183. The molecule has 0 aliphatic rings. The van der Waals surface area contributed by atoms with E-state index in [9.17, 15) is 26.4 Å². The Morgan fingerprint density at radius 1 is 1.16 bits per heavy atom. The molecule has 0 aliphatic heterocycles. The minimum atomic E-state index is -4.86. The molecule has 0 bridgehead atoms. The van der Waals surface area contributed by atoms with E-state index in [1.807, 2.05) is 0 Å². The summed E-state index contributed by atoms with van der Waals surface area (Å²) in [5.74, 6) is 0. The van der Waals surface area contributed by atoms with Crippen molar-refractivity contribution in [2.45, 2.75) is 30.6 Å². The van der Waals surface area contributed by atoms with Gasteiger partial charge in [-0.05, 0) is 30.7 Å². The van der Waals surface area contributed by atoms with Crippen molar-refractivity contribution in [3.8, 4) is 0 Å². The fourth-order valence-corrected chi connectivity index (χ4v) is 3.47. The summed E-state index contributed by atoms with van der Waals surface area (Å²) in [6.07, 6.45) is -3.86. The van der Waals surface area contributed by atoms with Gasteiger partial charge in [0, 0.05) is 23.8 Å². The molecule has 1 aromatic heterocycles. The molecule has 10 heteroatoms. The van der Waals surface area contributed by atoms with Crippen molar-refractivity contribution < 1.29 is 21.6 Å². The molecule has 25 heavy (non-hydrogen) atoms. The summed E-state index contributed by atoms with van der Waals surface area (Å²) in [6.45, 7) is 1.79. The highest BCUT2D eigenvalue weighted by Crippen LogP contribution is 2.34. The molecular formula is C15H14ClF3N2O3S. The molecule has 1 heterocycles. The highest BCUT2D eigenvalue weighted by Gasteiger charge is 2.43. The van der Waals surface area contributed by atoms with E-state index < -0.39 is 32.7 Å². The zero-order valence-corrected chi connectivity index (χ0v) is 14.5.